The van der Waals surface area contributed by atoms with E-state index in [1.165, 1.54) is 17.5 Å². The molecule has 1 nitrogen and oxygen atoms in total. The molecule has 1 radical (unpaired) electrons. The first kappa shape index (κ1) is 7.66. The summed E-state index contributed by atoms with van der Waals surface area (Å²) in [5, 5.41) is 0. The molecular formula is C11H13O. The normalized spacial score (nSPS) is 20.7. The van der Waals surface area contributed by atoms with Crippen LogP contribution < -0.4 is 4.74 Å². The molecule has 63 valence electrons. The second-order valence-corrected chi connectivity index (χ2v) is 3.30. The summed E-state index contributed by atoms with van der Waals surface area (Å²) in [5.74, 6) is 1.45. The maximum absolute atomic E-state index is 5.15. The fraction of sp³-hybridized carbons (Fsp3) is 0.364. The lowest BCUT2D eigenvalue weighted by Gasteiger charge is -2.05. The molecule has 0 fully saturated rings. The van der Waals surface area contributed by atoms with E-state index in [9.17, 15) is 0 Å². The van der Waals surface area contributed by atoms with Gasteiger partial charge in [-0.3, -0.25) is 0 Å². The molecule has 1 atom stereocenters. The highest BCUT2D eigenvalue weighted by molar-refractivity contribution is 5.41. The quantitative estimate of drug-likeness (QED) is 0.615. The Labute approximate surface area is 73.4 Å². The molecule has 12 heavy (non-hydrogen) atoms. The number of aryl methyl sites for hydroxylation is 1. The summed E-state index contributed by atoms with van der Waals surface area (Å²) < 4.78 is 5.15. The first-order valence-corrected chi connectivity index (χ1v) is 4.31. The van der Waals surface area contributed by atoms with E-state index in [-0.39, 0.29) is 0 Å². The van der Waals surface area contributed by atoms with Crippen LogP contribution in [0.25, 0.3) is 0 Å². The van der Waals surface area contributed by atoms with E-state index in [4.69, 9.17) is 4.74 Å². The molecule has 0 heterocycles. The Morgan fingerprint density at radius 3 is 3.08 bits per heavy atom. The molecule has 1 aliphatic carbocycles. The molecule has 1 aromatic carbocycles. The Balaban J connectivity index is 2.41. The summed E-state index contributed by atoms with van der Waals surface area (Å²) in [4.78, 5) is 0. The van der Waals surface area contributed by atoms with E-state index in [1.54, 1.807) is 7.11 Å². The maximum Gasteiger partial charge on any atom is 0.119 e. The van der Waals surface area contributed by atoms with Gasteiger partial charge in [0.05, 0.1) is 7.11 Å². The number of ether oxygens (including phenoxy) is 1. The summed E-state index contributed by atoms with van der Waals surface area (Å²) in [5.41, 5.74) is 2.81. The molecule has 2 rings (SSSR count). The van der Waals surface area contributed by atoms with E-state index in [0.29, 0.717) is 5.92 Å². The molecule has 1 aliphatic rings. The van der Waals surface area contributed by atoms with Crippen molar-refractivity contribution in [2.75, 3.05) is 7.11 Å². The average molecular weight is 161 g/mol. The van der Waals surface area contributed by atoms with Crippen LogP contribution in [0.5, 0.6) is 5.75 Å². The minimum atomic E-state index is 0.492. The third-order valence-electron chi connectivity index (χ3n) is 2.55. The predicted octanol–water partition coefficient (Wildman–Crippen LogP) is 2.56. The SMILES string of the molecule is [CH2]C1CCc2cc(OC)ccc21. The lowest BCUT2D eigenvalue weighted by Crippen LogP contribution is -1.88. The van der Waals surface area contributed by atoms with Gasteiger partial charge in [-0.2, -0.15) is 0 Å². The van der Waals surface area contributed by atoms with Crippen LogP contribution in [0.2, 0.25) is 0 Å². The molecule has 0 N–H and O–H groups in total. The van der Waals surface area contributed by atoms with Gasteiger partial charge in [0.25, 0.3) is 0 Å². The smallest absolute Gasteiger partial charge is 0.119 e. The zero-order valence-corrected chi connectivity index (χ0v) is 7.34. The van der Waals surface area contributed by atoms with Crippen LogP contribution in [0.4, 0.5) is 0 Å². The summed E-state index contributed by atoms with van der Waals surface area (Å²) in [6.07, 6.45) is 2.34. The number of benzene rings is 1. The van der Waals surface area contributed by atoms with E-state index in [2.05, 4.69) is 19.1 Å². The summed E-state index contributed by atoms with van der Waals surface area (Å²) in [7, 11) is 1.71. The van der Waals surface area contributed by atoms with Crippen LogP contribution in [0.15, 0.2) is 18.2 Å². The van der Waals surface area contributed by atoms with Crippen LogP contribution in [0.3, 0.4) is 0 Å². The van der Waals surface area contributed by atoms with Gasteiger partial charge in [0.1, 0.15) is 5.75 Å². The Kier molecular flexibility index (Phi) is 1.80. The molecule has 1 unspecified atom stereocenters. The number of rotatable bonds is 1. The zero-order chi connectivity index (χ0) is 8.55. The molecule has 1 heteroatoms. The Bertz CT molecular complexity index is 291. The molecule has 0 saturated carbocycles. The van der Waals surface area contributed by atoms with Gasteiger partial charge in [0, 0.05) is 0 Å². The van der Waals surface area contributed by atoms with Crippen molar-refractivity contribution in [3.63, 3.8) is 0 Å². The number of hydrogen-bond donors (Lipinski definition) is 0. The number of fused-ring (bicyclic) bond motifs is 1. The second kappa shape index (κ2) is 2.81. The van der Waals surface area contributed by atoms with Crippen LogP contribution in [0.1, 0.15) is 23.5 Å². The van der Waals surface area contributed by atoms with Gasteiger partial charge >= 0.3 is 0 Å². The van der Waals surface area contributed by atoms with Gasteiger partial charge in [0.2, 0.25) is 0 Å². The van der Waals surface area contributed by atoms with E-state index >= 15 is 0 Å². The predicted molar refractivity (Wildman–Crippen MR) is 49.4 cm³/mol. The highest BCUT2D eigenvalue weighted by Gasteiger charge is 2.18. The third kappa shape index (κ3) is 1.09. The molecule has 0 amide bonds. The van der Waals surface area contributed by atoms with E-state index in [0.717, 1.165) is 12.2 Å². The van der Waals surface area contributed by atoms with Crippen molar-refractivity contribution in [3.8, 4) is 5.75 Å². The lowest BCUT2D eigenvalue weighted by atomic mass is 10.0. The summed E-state index contributed by atoms with van der Waals surface area (Å²) in [6.45, 7) is 4.09. The minimum Gasteiger partial charge on any atom is -0.497 e. The Morgan fingerprint density at radius 2 is 2.33 bits per heavy atom. The summed E-state index contributed by atoms with van der Waals surface area (Å²) in [6, 6.07) is 6.28. The second-order valence-electron chi connectivity index (χ2n) is 3.30. The lowest BCUT2D eigenvalue weighted by molar-refractivity contribution is 0.414. The van der Waals surface area contributed by atoms with Crippen molar-refractivity contribution < 1.29 is 4.74 Å². The molecule has 0 aliphatic heterocycles. The van der Waals surface area contributed by atoms with Crippen molar-refractivity contribution >= 4 is 0 Å². The van der Waals surface area contributed by atoms with Crippen molar-refractivity contribution in [1.29, 1.82) is 0 Å². The number of methoxy groups -OCH3 is 1. The highest BCUT2D eigenvalue weighted by Crippen LogP contribution is 2.34. The molecule has 1 aromatic rings. The van der Waals surface area contributed by atoms with Gasteiger partial charge in [-0.05, 0) is 48.9 Å². The first-order valence-electron chi connectivity index (χ1n) is 4.31. The van der Waals surface area contributed by atoms with Gasteiger partial charge in [-0.1, -0.05) is 6.07 Å². The van der Waals surface area contributed by atoms with Crippen LogP contribution in [-0.2, 0) is 6.42 Å². The maximum atomic E-state index is 5.15. The molecule has 0 aromatic heterocycles. The summed E-state index contributed by atoms with van der Waals surface area (Å²) >= 11 is 0. The molecule has 0 bridgehead atoms. The van der Waals surface area contributed by atoms with Crippen molar-refractivity contribution in [1.82, 2.24) is 0 Å². The third-order valence-corrected chi connectivity index (χ3v) is 2.55. The first-order chi connectivity index (χ1) is 5.81. The Morgan fingerprint density at radius 1 is 1.50 bits per heavy atom. The monoisotopic (exact) mass is 161 g/mol. The van der Waals surface area contributed by atoms with E-state index < -0.39 is 0 Å². The van der Waals surface area contributed by atoms with Gasteiger partial charge in [0.15, 0.2) is 0 Å². The van der Waals surface area contributed by atoms with Crippen LogP contribution in [-0.4, -0.2) is 7.11 Å². The van der Waals surface area contributed by atoms with Crippen LogP contribution >= 0.6 is 0 Å². The largest absolute Gasteiger partial charge is 0.497 e. The fourth-order valence-corrected chi connectivity index (χ4v) is 1.81. The minimum absolute atomic E-state index is 0.492. The standard InChI is InChI=1S/C11H13O/c1-8-3-4-9-7-10(12-2)5-6-11(8)9/h5-8H,1,3-4H2,2H3. The molecular weight excluding hydrogens is 148 g/mol. The Hall–Kier alpha value is -0.980. The topological polar surface area (TPSA) is 9.23 Å². The molecule has 0 saturated heterocycles. The molecule has 0 spiro atoms. The van der Waals surface area contributed by atoms with Crippen molar-refractivity contribution in [2.45, 2.75) is 18.8 Å². The number of hydrogen-bond acceptors (Lipinski definition) is 1. The van der Waals surface area contributed by atoms with E-state index in [1.807, 2.05) is 6.07 Å². The fourth-order valence-electron chi connectivity index (χ4n) is 1.81. The highest BCUT2D eigenvalue weighted by atomic mass is 16.5. The van der Waals surface area contributed by atoms with Gasteiger partial charge in [-0.25, -0.2) is 0 Å². The van der Waals surface area contributed by atoms with Gasteiger partial charge in [-0.15, -0.1) is 0 Å². The van der Waals surface area contributed by atoms with Crippen molar-refractivity contribution in [3.05, 3.63) is 36.2 Å². The van der Waals surface area contributed by atoms with Crippen LogP contribution in [0, 0.1) is 6.92 Å². The van der Waals surface area contributed by atoms with Crippen molar-refractivity contribution in [2.24, 2.45) is 0 Å². The van der Waals surface area contributed by atoms with Gasteiger partial charge < -0.3 is 4.74 Å². The zero-order valence-electron chi connectivity index (χ0n) is 7.34. The average Bonchev–Trinajstić information content (AvgIpc) is 2.47.